The van der Waals surface area contributed by atoms with Crippen LogP contribution in [-0.2, 0) is 6.54 Å². The first-order valence-electron chi connectivity index (χ1n) is 5.68. The molecule has 0 aliphatic carbocycles. The van der Waals surface area contributed by atoms with Gasteiger partial charge in [-0.25, -0.2) is 0 Å². The maximum Gasteiger partial charge on any atom is 0.0487 e. The number of nitrogens with two attached hydrogens (primary N) is 1. The molecule has 2 heteroatoms. The fourth-order valence-corrected chi connectivity index (χ4v) is 2.23. The smallest absolute Gasteiger partial charge is 0.0487 e. The molecule has 0 aromatic heterocycles. The Balaban J connectivity index is 2.56. The van der Waals surface area contributed by atoms with Crippen molar-refractivity contribution in [1.29, 1.82) is 0 Å². The summed E-state index contributed by atoms with van der Waals surface area (Å²) in [5, 5.41) is 0.765. The molecule has 17 heavy (non-hydrogen) atoms. The Kier molecular flexibility index (Phi) is 3.51. The van der Waals surface area contributed by atoms with Gasteiger partial charge in [-0.3, -0.25) is 0 Å². The third-order valence-electron chi connectivity index (χ3n) is 2.95. The highest BCUT2D eigenvalue weighted by Gasteiger charge is 2.07. The van der Waals surface area contributed by atoms with Crippen LogP contribution in [0.25, 0.3) is 11.1 Å². The molecule has 0 unspecified atom stereocenters. The highest BCUT2D eigenvalue weighted by Crippen LogP contribution is 2.31. The van der Waals surface area contributed by atoms with Crippen molar-refractivity contribution in [3.8, 4) is 11.1 Å². The first-order chi connectivity index (χ1) is 8.11. The molecule has 0 bridgehead atoms. The molecule has 88 valence electrons. The second kappa shape index (κ2) is 4.91. The Morgan fingerprint density at radius 1 is 1.00 bits per heavy atom. The van der Waals surface area contributed by atoms with Crippen LogP contribution < -0.4 is 5.73 Å². The van der Waals surface area contributed by atoms with E-state index in [1.165, 1.54) is 16.7 Å². The van der Waals surface area contributed by atoms with Gasteiger partial charge in [-0.1, -0.05) is 47.5 Å². The largest absolute Gasteiger partial charge is 0.326 e. The van der Waals surface area contributed by atoms with Crippen LogP contribution in [-0.4, -0.2) is 0 Å². The topological polar surface area (TPSA) is 26.0 Å². The summed E-state index contributed by atoms with van der Waals surface area (Å²) >= 11 is 6.31. The molecule has 2 aromatic rings. The van der Waals surface area contributed by atoms with Gasteiger partial charge >= 0.3 is 0 Å². The average molecular weight is 246 g/mol. The van der Waals surface area contributed by atoms with E-state index in [1.807, 2.05) is 18.2 Å². The molecule has 1 nitrogen and oxygen atoms in total. The second-order valence-electron chi connectivity index (χ2n) is 4.34. The van der Waals surface area contributed by atoms with Crippen molar-refractivity contribution in [3.63, 3.8) is 0 Å². The Labute approximate surface area is 107 Å². The number of benzene rings is 2. The number of hydrogen-bond donors (Lipinski definition) is 1. The standard InChI is InChI=1S/C15H16ClN/c1-10-3-4-11(2)14(7-10)13-6-5-12(9-17)8-15(13)16/h3-8H,9,17H2,1-2H3. The summed E-state index contributed by atoms with van der Waals surface area (Å²) in [5.41, 5.74) is 11.4. The summed E-state index contributed by atoms with van der Waals surface area (Å²) in [7, 11) is 0. The summed E-state index contributed by atoms with van der Waals surface area (Å²) in [6, 6.07) is 12.4. The Bertz CT molecular complexity index is 547. The average Bonchev–Trinajstić information content (AvgIpc) is 2.32. The van der Waals surface area contributed by atoms with Gasteiger partial charge < -0.3 is 5.73 Å². The lowest BCUT2D eigenvalue weighted by molar-refractivity contribution is 1.07. The van der Waals surface area contributed by atoms with Crippen LogP contribution >= 0.6 is 11.6 Å². The van der Waals surface area contributed by atoms with Gasteiger partial charge in [0.25, 0.3) is 0 Å². The summed E-state index contributed by atoms with van der Waals surface area (Å²) < 4.78 is 0. The Hall–Kier alpha value is -1.31. The number of aryl methyl sites for hydroxylation is 2. The molecular weight excluding hydrogens is 230 g/mol. The minimum absolute atomic E-state index is 0.521. The molecule has 0 saturated heterocycles. The molecular formula is C15H16ClN. The molecule has 0 heterocycles. The summed E-state index contributed by atoms with van der Waals surface area (Å²) in [6.07, 6.45) is 0. The van der Waals surface area contributed by atoms with Crippen molar-refractivity contribution in [2.45, 2.75) is 20.4 Å². The van der Waals surface area contributed by atoms with Crippen LogP contribution in [0, 0.1) is 13.8 Å². The van der Waals surface area contributed by atoms with Crippen molar-refractivity contribution in [1.82, 2.24) is 0 Å². The molecule has 2 N–H and O–H groups in total. The lowest BCUT2D eigenvalue weighted by Crippen LogP contribution is -1.96. The van der Waals surface area contributed by atoms with Gasteiger partial charge in [-0.15, -0.1) is 0 Å². The first-order valence-corrected chi connectivity index (χ1v) is 6.05. The van der Waals surface area contributed by atoms with Gasteiger partial charge in [-0.2, -0.15) is 0 Å². The zero-order valence-electron chi connectivity index (χ0n) is 10.1. The van der Waals surface area contributed by atoms with Gasteiger partial charge in [0.15, 0.2) is 0 Å². The van der Waals surface area contributed by atoms with E-state index in [9.17, 15) is 0 Å². The minimum Gasteiger partial charge on any atom is -0.326 e. The van der Waals surface area contributed by atoms with Gasteiger partial charge in [0.1, 0.15) is 0 Å². The first kappa shape index (κ1) is 12.2. The van der Waals surface area contributed by atoms with E-state index in [-0.39, 0.29) is 0 Å². The van der Waals surface area contributed by atoms with Crippen LogP contribution in [0.2, 0.25) is 5.02 Å². The van der Waals surface area contributed by atoms with E-state index in [2.05, 4.69) is 32.0 Å². The lowest BCUT2D eigenvalue weighted by Gasteiger charge is -2.10. The van der Waals surface area contributed by atoms with Gasteiger partial charge in [0.2, 0.25) is 0 Å². The highest BCUT2D eigenvalue weighted by molar-refractivity contribution is 6.33. The van der Waals surface area contributed by atoms with E-state index < -0.39 is 0 Å². The van der Waals surface area contributed by atoms with Gasteiger partial charge in [-0.05, 0) is 36.6 Å². The van der Waals surface area contributed by atoms with E-state index in [0.29, 0.717) is 6.54 Å². The van der Waals surface area contributed by atoms with E-state index in [1.54, 1.807) is 0 Å². The third kappa shape index (κ3) is 2.51. The normalized spacial score (nSPS) is 10.6. The van der Waals surface area contributed by atoms with Crippen LogP contribution in [0.5, 0.6) is 0 Å². The monoisotopic (exact) mass is 245 g/mol. The maximum atomic E-state index is 6.31. The fraction of sp³-hybridized carbons (Fsp3) is 0.200. The SMILES string of the molecule is Cc1ccc(C)c(-c2ccc(CN)cc2Cl)c1. The molecule has 0 fully saturated rings. The maximum absolute atomic E-state index is 6.31. The summed E-state index contributed by atoms with van der Waals surface area (Å²) in [6.45, 7) is 4.71. The fourth-order valence-electron chi connectivity index (χ4n) is 1.93. The molecule has 2 rings (SSSR count). The molecule has 0 spiro atoms. The minimum atomic E-state index is 0.521. The molecule has 0 saturated carbocycles. The van der Waals surface area contributed by atoms with Crippen molar-refractivity contribution in [2.75, 3.05) is 0 Å². The van der Waals surface area contributed by atoms with Crippen molar-refractivity contribution in [2.24, 2.45) is 5.73 Å². The van der Waals surface area contributed by atoms with Crippen LogP contribution in [0.4, 0.5) is 0 Å². The molecule has 0 atom stereocenters. The van der Waals surface area contributed by atoms with E-state index in [4.69, 9.17) is 17.3 Å². The molecule has 0 aliphatic rings. The second-order valence-corrected chi connectivity index (χ2v) is 4.74. The van der Waals surface area contributed by atoms with Crippen molar-refractivity contribution < 1.29 is 0 Å². The van der Waals surface area contributed by atoms with Crippen LogP contribution in [0.3, 0.4) is 0 Å². The molecule has 0 radical (unpaired) electrons. The lowest BCUT2D eigenvalue weighted by atomic mass is 9.97. The van der Waals surface area contributed by atoms with Crippen LogP contribution in [0.1, 0.15) is 16.7 Å². The number of rotatable bonds is 2. The van der Waals surface area contributed by atoms with Gasteiger partial charge in [0, 0.05) is 17.1 Å². The predicted octanol–water partition coefficient (Wildman–Crippen LogP) is 4.08. The Morgan fingerprint density at radius 3 is 2.41 bits per heavy atom. The summed E-state index contributed by atoms with van der Waals surface area (Å²) in [4.78, 5) is 0. The zero-order chi connectivity index (χ0) is 12.4. The number of hydrogen-bond acceptors (Lipinski definition) is 1. The molecule has 0 amide bonds. The predicted molar refractivity (Wildman–Crippen MR) is 74.3 cm³/mol. The Morgan fingerprint density at radius 2 is 1.76 bits per heavy atom. The highest BCUT2D eigenvalue weighted by atomic mass is 35.5. The van der Waals surface area contributed by atoms with E-state index in [0.717, 1.165) is 16.1 Å². The van der Waals surface area contributed by atoms with Crippen molar-refractivity contribution in [3.05, 3.63) is 58.1 Å². The number of halogens is 1. The van der Waals surface area contributed by atoms with Gasteiger partial charge in [0.05, 0.1) is 0 Å². The molecule has 0 aliphatic heterocycles. The van der Waals surface area contributed by atoms with Crippen molar-refractivity contribution >= 4 is 11.6 Å². The zero-order valence-corrected chi connectivity index (χ0v) is 10.9. The quantitative estimate of drug-likeness (QED) is 0.848. The van der Waals surface area contributed by atoms with E-state index >= 15 is 0 Å². The third-order valence-corrected chi connectivity index (χ3v) is 3.27. The summed E-state index contributed by atoms with van der Waals surface area (Å²) in [5.74, 6) is 0. The van der Waals surface area contributed by atoms with Crippen LogP contribution in [0.15, 0.2) is 36.4 Å². The molecule has 2 aromatic carbocycles.